The van der Waals surface area contributed by atoms with Crippen LogP contribution in [-0.2, 0) is 19.0 Å². The quantitative estimate of drug-likeness (QED) is 0.0700. The van der Waals surface area contributed by atoms with Crippen molar-refractivity contribution in [3.63, 3.8) is 0 Å². The maximum atomic E-state index is 11.7. The van der Waals surface area contributed by atoms with Crippen LogP contribution in [0.5, 0.6) is 5.75 Å². The standard InChI is InChI=1S/C17H30O3.C9H11O2P/c1-5-7-9-10-12-13-19-16(4)15(3)17(18)20-14-11-8-6-2;1-2-11-9(12)7-3-5-8(10)6-4-7/h3-14H2,1-2H3;2-6,9-10H,1,12H2. The van der Waals surface area contributed by atoms with Crippen LogP contribution in [0, 0.1) is 0 Å². The third-order valence-electron chi connectivity index (χ3n) is 4.55. The number of rotatable bonds is 16. The van der Waals surface area contributed by atoms with Crippen LogP contribution in [0.3, 0.4) is 0 Å². The summed E-state index contributed by atoms with van der Waals surface area (Å²) in [5.74, 6) is 0.0794. The second-order valence-electron chi connectivity index (χ2n) is 7.32. The Bertz CT molecular complexity index is 669. The van der Waals surface area contributed by atoms with Crippen molar-refractivity contribution in [2.75, 3.05) is 13.2 Å². The van der Waals surface area contributed by atoms with Crippen LogP contribution >= 0.6 is 9.24 Å². The SMILES string of the molecule is C=C(OCCCCCCC)C(=C)C(=O)OCCCCC.C=COC(P)c1ccc(O)cc1. The van der Waals surface area contributed by atoms with Crippen molar-refractivity contribution in [3.05, 3.63) is 67.2 Å². The molecule has 2 unspecified atom stereocenters. The third kappa shape index (κ3) is 14.7. The van der Waals surface area contributed by atoms with Gasteiger partial charge in [-0.2, -0.15) is 0 Å². The molecule has 1 rings (SSSR count). The van der Waals surface area contributed by atoms with Gasteiger partial charge in [0.05, 0.1) is 25.0 Å². The van der Waals surface area contributed by atoms with Gasteiger partial charge in [0.25, 0.3) is 0 Å². The molecule has 180 valence electrons. The Labute approximate surface area is 196 Å². The molecule has 2 atom stereocenters. The third-order valence-corrected chi connectivity index (χ3v) is 5.09. The van der Waals surface area contributed by atoms with Gasteiger partial charge in [-0.25, -0.2) is 4.79 Å². The smallest absolute Gasteiger partial charge is 0.341 e. The Kier molecular flexibility index (Phi) is 18.1. The topological polar surface area (TPSA) is 65.0 Å². The molecule has 0 amide bonds. The van der Waals surface area contributed by atoms with Gasteiger partial charge in [0.2, 0.25) is 0 Å². The summed E-state index contributed by atoms with van der Waals surface area (Å²) in [6.07, 6.45) is 10.3. The minimum Gasteiger partial charge on any atom is -0.508 e. The first kappa shape index (κ1) is 29.7. The van der Waals surface area contributed by atoms with E-state index in [1.165, 1.54) is 25.5 Å². The van der Waals surface area contributed by atoms with Crippen molar-refractivity contribution in [3.8, 4) is 5.75 Å². The van der Waals surface area contributed by atoms with Crippen molar-refractivity contribution >= 4 is 15.2 Å². The molecular formula is C26H41O5P. The average Bonchev–Trinajstić information content (AvgIpc) is 2.79. The fourth-order valence-corrected chi connectivity index (χ4v) is 2.89. The fraction of sp³-hybridized carbons (Fsp3) is 0.500. The van der Waals surface area contributed by atoms with Gasteiger partial charge in [0, 0.05) is 0 Å². The minimum absolute atomic E-state index is 0.0944. The highest BCUT2D eigenvalue weighted by Crippen LogP contribution is 2.25. The van der Waals surface area contributed by atoms with Crippen molar-refractivity contribution < 1.29 is 24.1 Å². The maximum Gasteiger partial charge on any atom is 0.341 e. The first-order valence-electron chi connectivity index (χ1n) is 11.4. The summed E-state index contributed by atoms with van der Waals surface area (Å²) >= 11 is 0. The molecule has 1 aromatic rings. The molecule has 0 heterocycles. The monoisotopic (exact) mass is 464 g/mol. The van der Waals surface area contributed by atoms with E-state index < -0.39 is 5.97 Å². The summed E-state index contributed by atoms with van der Waals surface area (Å²) in [4.78, 5) is 11.7. The first-order chi connectivity index (χ1) is 15.4. The second-order valence-corrected chi connectivity index (χ2v) is 7.93. The molecular weight excluding hydrogens is 423 g/mol. The lowest BCUT2D eigenvalue weighted by Crippen LogP contribution is -2.11. The van der Waals surface area contributed by atoms with Crippen LogP contribution in [0.4, 0.5) is 0 Å². The number of hydrogen-bond donors (Lipinski definition) is 1. The van der Waals surface area contributed by atoms with E-state index >= 15 is 0 Å². The number of phenols is 1. The number of hydrogen-bond acceptors (Lipinski definition) is 5. The zero-order valence-corrected chi connectivity index (χ0v) is 21.0. The van der Waals surface area contributed by atoms with Gasteiger partial charge in [-0.3, -0.25) is 0 Å². The van der Waals surface area contributed by atoms with Crippen LogP contribution < -0.4 is 0 Å². The largest absolute Gasteiger partial charge is 0.508 e. The van der Waals surface area contributed by atoms with E-state index in [1.807, 2.05) is 0 Å². The number of unbranched alkanes of at least 4 members (excludes halogenated alkanes) is 6. The van der Waals surface area contributed by atoms with E-state index in [4.69, 9.17) is 19.3 Å². The number of phenolic OH excluding ortho intramolecular Hbond substituents is 1. The van der Waals surface area contributed by atoms with Crippen molar-refractivity contribution in [2.24, 2.45) is 0 Å². The highest BCUT2D eigenvalue weighted by atomic mass is 31.0. The Morgan fingerprint density at radius 1 is 0.969 bits per heavy atom. The summed E-state index contributed by atoms with van der Waals surface area (Å²) in [7, 11) is 2.53. The number of esters is 1. The van der Waals surface area contributed by atoms with Gasteiger partial charge in [0.1, 0.15) is 17.4 Å². The van der Waals surface area contributed by atoms with E-state index in [2.05, 4.69) is 42.8 Å². The van der Waals surface area contributed by atoms with E-state index in [0.717, 1.165) is 37.7 Å². The van der Waals surface area contributed by atoms with Crippen LogP contribution in [0.2, 0.25) is 0 Å². The molecule has 0 aromatic heterocycles. The molecule has 0 fully saturated rings. The predicted octanol–water partition coefficient (Wildman–Crippen LogP) is 7.20. The summed E-state index contributed by atoms with van der Waals surface area (Å²) in [6.45, 7) is 16.2. The molecule has 1 N–H and O–H groups in total. The van der Waals surface area contributed by atoms with Crippen LogP contribution in [-0.4, -0.2) is 24.3 Å². The van der Waals surface area contributed by atoms with Gasteiger partial charge >= 0.3 is 5.97 Å². The van der Waals surface area contributed by atoms with Gasteiger partial charge in [0.15, 0.2) is 0 Å². The number of aromatic hydroxyl groups is 1. The Morgan fingerprint density at radius 2 is 1.50 bits per heavy atom. The second kappa shape index (κ2) is 19.4. The van der Waals surface area contributed by atoms with E-state index in [1.54, 1.807) is 24.3 Å². The Balaban J connectivity index is 0.000000677. The zero-order valence-electron chi connectivity index (χ0n) is 19.8. The molecule has 32 heavy (non-hydrogen) atoms. The minimum atomic E-state index is -0.419. The fourth-order valence-electron chi connectivity index (χ4n) is 2.55. The van der Waals surface area contributed by atoms with Crippen LogP contribution in [0.25, 0.3) is 0 Å². The lowest BCUT2D eigenvalue weighted by atomic mass is 10.2. The van der Waals surface area contributed by atoms with Crippen LogP contribution in [0.1, 0.15) is 76.6 Å². The lowest BCUT2D eigenvalue weighted by molar-refractivity contribution is -0.139. The number of carbonyl (C=O) groups excluding carboxylic acids is 1. The normalized spacial score (nSPS) is 10.8. The van der Waals surface area contributed by atoms with Crippen LogP contribution in [0.15, 0.2) is 61.6 Å². The predicted molar refractivity (Wildman–Crippen MR) is 135 cm³/mol. The highest BCUT2D eigenvalue weighted by Gasteiger charge is 2.13. The Morgan fingerprint density at radius 3 is 2.09 bits per heavy atom. The summed E-state index contributed by atoms with van der Waals surface area (Å²) in [6, 6.07) is 6.85. The van der Waals surface area contributed by atoms with Gasteiger partial charge < -0.3 is 19.3 Å². The summed E-state index contributed by atoms with van der Waals surface area (Å²) in [5, 5.41) is 9.00. The lowest BCUT2D eigenvalue weighted by Gasteiger charge is -2.11. The van der Waals surface area contributed by atoms with E-state index in [9.17, 15) is 4.79 Å². The molecule has 0 aliphatic rings. The molecule has 0 aliphatic carbocycles. The summed E-state index contributed by atoms with van der Waals surface area (Å²) < 4.78 is 15.7. The molecule has 0 saturated heterocycles. The number of carbonyl (C=O) groups is 1. The van der Waals surface area contributed by atoms with E-state index in [0.29, 0.717) is 19.0 Å². The highest BCUT2D eigenvalue weighted by molar-refractivity contribution is 7.16. The van der Waals surface area contributed by atoms with Gasteiger partial charge in [-0.15, -0.1) is 0 Å². The van der Waals surface area contributed by atoms with Gasteiger partial charge in [-0.1, -0.05) is 93.5 Å². The maximum absolute atomic E-state index is 11.7. The Hall–Kier alpha value is -2.26. The van der Waals surface area contributed by atoms with Crippen molar-refractivity contribution in [1.82, 2.24) is 0 Å². The average molecular weight is 465 g/mol. The molecule has 0 radical (unpaired) electrons. The van der Waals surface area contributed by atoms with E-state index in [-0.39, 0.29) is 17.2 Å². The zero-order chi connectivity index (χ0) is 24.2. The number of benzene rings is 1. The van der Waals surface area contributed by atoms with Crippen molar-refractivity contribution in [1.29, 1.82) is 0 Å². The molecule has 1 aromatic carbocycles. The summed E-state index contributed by atoms with van der Waals surface area (Å²) in [5.41, 5.74) is 1.22. The molecule has 0 aliphatic heterocycles. The molecule has 0 spiro atoms. The van der Waals surface area contributed by atoms with Gasteiger partial charge in [-0.05, 0) is 30.5 Å². The molecule has 0 saturated carbocycles. The molecule has 5 nitrogen and oxygen atoms in total. The van der Waals surface area contributed by atoms with Crippen molar-refractivity contribution in [2.45, 2.75) is 71.1 Å². The molecule has 6 heteroatoms. The molecule has 0 bridgehead atoms. The first-order valence-corrected chi connectivity index (χ1v) is 12.0. The number of ether oxygens (including phenoxy) is 3.